The first-order chi connectivity index (χ1) is 10.6. The van der Waals surface area contributed by atoms with Gasteiger partial charge < -0.3 is 10.6 Å². The molecule has 1 unspecified atom stereocenters. The van der Waals surface area contributed by atoms with Gasteiger partial charge in [-0.1, -0.05) is 18.2 Å². The molecule has 1 aliphatic rings. The van der Waals surface area contributed by atoms with E-state index in [0.717, 1.165) is 22.9 Å². The van der Waals surface area contributed by atoms with Crippen molar-refractivity contribution < 1.29 is 9.59 Å². The first-order valence-electron chi connectivity index (χ1n) is 7.51. The van der Waals surface area contributed by atoms with Crippen molar-refractivity contribution in [2.24, 2.45) is 11.7 Å². The summed E-state index contributed by atoms with van der Waals surface area (Å²) in [5.41, 5.74) is 7.07. The number of fused-ring (bicyclic) bond motifs is 1. The number of hydrogen-bond acceptors (Lipinski definition) is 3. The lowest BCUT2D eigenvalue weighted by Gasteiger charge is -2.16. The maximum atomic E-state index is 12.4. The van der Waals surface area contributed by atoms with Crippen LogP contribution in [0.5, 0.6) is 0 Å². The summed E-state index contributed by atoms with van der Waals surface area (Å²) in [6.07, 6.45) is 3.32. The fourth-order valence-corrected chi connectivity index (χ4v) is 3.01. The van der Waals surface area contributed by atoms with Crippen LogP contribution in [0.15, 0.2) is 36.5 Å². The van der Waals surface area contributed by atoms with Gasteiger partial charge in [0.15, 0.2) is 0 Å². The summed E-state index contributed by atoms with van der Waals surface area (Å²) in [6.45, 7) is 1.33. The highest BCUT2D eigenvalue weighted by atomic mass is 16.2. The summed E-state index contributed by atoms with van der Waals surface area (Å²) in [7, 11) is 0. The normalized spacial score (nSPS) is 17.8. The Morgan fingerprint density at radius 1 is 1.32 bits per heavy atom. The molecule has 2 N–H and O–H groups in total. The van der Waals surface area contributed by atoms with Crippen LogP contribution in [0.3, 0.4) is 0 Å². The van der Waals surface area contributed by atoms with E-state index in [1.165, 1.54) is 0 Å². The number of nitrogens with zero attached hydrogens (tertiary/aromatic N) is 2. The van der Waals surface area contributed by atoms with Crippen molar-refractivity contribution in [1.29, 1.82) is 0 Å². The van der Waals surface area contributed by atoms with Crippen molar-refractivity contribution >= 4 is 22.7 Å². The molecule has 0 saturated carbocycles. The number of primary amides is 1. The number of aromatic nitrogens is 1. The number of likely N-dealkylation sites (tertiary alicyclic amines) is 1. The molecule has 1 atom stereocenters. The second-order valence-corrected chi connectivity index (χ2v) is 5.88. The fourth-order valence-electron chi connectivity index (χ4n) is 3.01. The van der Waals surface area contributed by atoms with Crippen LogP contribution in [0.2, 0.25) is 0 Å². The standard InChI is InChI=1S/C17H19N3O2/c18-16(21)8-12-5-6-20(11-12)17(22)9-13-7-14-3-1-2-4-15(14)19-10-13/h1-4,7,10,12H,5-6,8-9,11H2,(H2,18,21). The topological polar surface area (TPSA) is 76.3 Å². The molecule has 5 nitrogen and oxygen atoms in total. The van der Waals surface area contributed by atoms with Crippen LogP contribution in [0.1, 0.15) is 18.4 Å². The summed E-state index contributed by atoms with van der Waals surface area (Å²) in [5.74, 6) is -0.00161. The van der Waals surface area contributed by atoms with Crippen molar-refractivity contribution in [3.63, 3.8) is 0 Å². The zero-order valence-corrected chi connectivity index (χ0v) is 12.4. The van der Waals surface area contributed by atoms with Crippen LogP contribution in [0.25, 0.3) is 10.9 Å². The Morgan fingerprint density at radius 3 is 2.95 bits per heavy atom. The molecule has 0 spiro atoms. The van der Waals surface area contributed by atoms with E-state index < -0.39 is 0 Å². The molecule has 0 aliphatic carbocycles. The Morgan fingerprint density at radius 2 is 2.14 bits per heavy atom. The van der Waals surface area contributed by atoms with Crippen LogP contribution < -0.4 is 5.73 Å². The summed E-state index contributed by atoms with van der Waals surface area (Å²) in [5, 5.41) is 1.04. The molecule has 1 saturated heterocycles. The average molecular weight is 297 g/mol. The van der Waals surface area contributed by atoms with Gasteiger partial charge in [-0.05, 0) is 30.0 Å². The lowest BCUT2D eigenvalue weighted by atomic mass is 10.1. The maximum absolute atomic E-state index is 12.4. The highest BCUT2D eigenvalue weighted by Gasteiger charge is 2.27. The molecule has 1 aromatic heterocycles. The molecule has 114 valence electrons. The van der Waals surface area contributed by atoms with E-state index in [0.29, 0.717) is 25.9 Å². The predicted molar refractivity (Wildman–Crippen MR) is 83.9 cm³/mol. The highest BCUT2D eigenvalue weighted by molar-refractivity contribution is 5.83. The Hall–Kier alpha value is -2.43. The number of rotatable bonds is 4. The predicted octanol–water partition coefficient (Wildman–Crippen LogP) is 1.50. The molecule has 2 amide bonds. The van der Waals surface area contributed by atoms with Gasteiger partial charge in [0.1, 0.15) is 0 Å². The molecule has 0 bridgehead atoms. The lowest BCUT2D eigenvalue weighted by Crippen LogP contribution is -2.30. The molecule has 1 aliphatic heterocycles. The van der Waals surface area contributed by atoms with Gasteiger partial charge in [-0.25, -0.2) is 0 Å². The molecule has 3 rings (SSSR count). The second-order valence-electron chi connectivity index (χ2n) is 5.88. The van der Waals surface area contributed by atoms with Gasteiger partial charge in [0, 0.05) is 31.1 Å². The number of hydrogen-bond donors (Lipinski definition) is 1. The van der Waals surface area contributed by atoms with Crippen LogP contribution in [0.4, 0.5) is 0 Å². The zero-order valence-electron chi connectivity index (χ0n) is 12.4. The molecule has 2 aromatic rings. The number of benzene rings is 1. The van der Waals surface area contributed by atoms with E-state index in [4.69, 9.17) is 5.73 Å². The van der Waals surface area contributed by atoms with Crippen LogP contribution in [-0.2, 0) is 16.0 Å². The summed E-state index contributed by atoms with van der Waals surface area (Å²) in [4.78, 5) is 29.5. The summed E-state index contributed by atoms with van der Waals surface area (Å²) in [6, 6.07) is 9.87. The van der Waals surface area contributed by atoms with Gasteiger partial charge in [-0.3, -0.25) is 14.6 Å². The van der Waals surface area contributed by atoms with Crippen molar-refractivity contribution in [2.45, 2.75) is 19.3 Å². The summed E-state index contributed by atoms with van der Waals surface area (Å²) >= 11 is 0. The van der Waals surface area contributed by atoms with E-state index >= 15 is 0 Å². The Bertz CT molecular complexity index is 714. The number of para-hydroxylation sites is 1. The van der Waals surface area contributed by atoms with Gasteiger partial charge in [0.25, 0.3) is 0 Å². The van der Waals surface area contributed by atoms with Gasteiger partial charge in [0.2, 0.25) is 11.8 Å². The largest absolute Gasteiger partial charge is 0.370 e. The highest BCUT2D eigenvalue weighted by Crippen LogP contribution is 2.20. The van der Waals surface area contributed by atoms with Crippen molar-refractivity contribution in [3.8, 4) is 0 Å². The number of pyridine rings is 1. The molecule has 1 fully saturated rings. The number of carbonyl (C=O) groups is 2. The van der Waals surface area contributed by atoms with E-state index in [9.17, 15) is 9.59 Å². The minimum absolute atomic E-state index is 0.0871. The van der Waals surface area contributed by atoms with E-state index in [2.05, 4.69) is 4.98 Å². The van der Waals surface area contributed by atoms with E-state index in [1.807, 2.05) is 35.2 Å². The third-order valence-electron chi connectivity index (χ3n) is 4.13. The average Bonchev–Trinajstić information content (AvgIpc) is 2.95. The zero-order chi connectivity index (χ0) is 15.5. The Balaban J connectivity index is 1.64. The van der Waals surface area contributed by atoms with Gasteiger partial charge >= 0.3 is 0 Å². The SMILES string of the molecule is NC(=O)CC1CCN(C(=O)Cc2cnc3ccccc3c2)C1. The van der Waals surface area contributed by atoms with Gasteiger partial charge in [-0.2, -0.15) is 0 Å². The molecule has 1 aromatic carbocycles. The number of carbonyl (C=O) groups excluding carboxylic acids is 2. The fraction of sp³-hybridized carbons (Fsp3) is 0.353. The Labute approximate surface area is 129 Å². The first-order valence-corrected chi connectivity index (χ1v) is 7.51. The third kappa shape index (κ3) is 3.24. The molecule has 0 radical (unpaired) electrons. The molecular formula is C17H19N3O2. The van der Waals surface area contributed by atoms with Crippen LogP contribution in [-0.4, -0.2) is 34.8 Å². The quantitative estimate of drug-likeness (QED) is 0.929. The van der Waals surface area contributed by atoms with E-state index in [1.54, 1.807) is 6.20 Å². The van der Waals surface area contributed by atoms with Gasteiger partial charge in [-0.15, -0.1) is 0 Å². The second kappa shape index (κ2) is 6.13. The van der Waals surface area contributed by atoms with Crippen molar-refractivity contribution in [3.05, 3.63) is 42.1 Å². The van der Waals surface area contributed by atoms with Gasteiger partial charge in [0.05, 0.1) is 11.9 Å². The number of nitrogens with two attached hydrogens (primary N) is 1. The van der Waals surface area contributed by atoms with Crippen molar-refractivity contribution in [2.75, 3.05) is 13.1 Å². The first kappa shape index (κ1) is 14.5. The van der Waals surface area contributed by atoms with Crippen LogP contribution >= 0.6 is 0 Å². The minimum Gasteiger partial charge on any atom is -0.370 e. The van der Waals surface area contributed by atoms with Crippen molar-refractivity contribution in [1.82, 2.24) is 9.88 Å². The lowest BCUT2D eigenvalue weighted by molar-refractivity contribution is -0.129. The summed E-state index contributed by atoms with van der Waals surface area (Å²) < 4.78 is 0. The van der Waals surface area contributed by atoms with E-state index in [-0.39, 0.29) is 17.7 Å². The monoisotopic (exact) mass is 297 g/mol. The third-order valence-corrected chi connectivity index (χ3v) is 4.13. The molecule has 2 heterocycles. The molecule has 22 heavy (non-hydrogen) atoms. The molecule has 5 heteroatoms. The number of amides is 2. The smallest absolute Gasteiger partial charge is 0.227 e. The Kier molecular flexibility index (Phi) is 4.04. The van der Waals surface area contributed by atoms with Crippen LogP contribution in [0, 0.1) is 5.92 Å². The minimum atomic E-state index is -0.293. The maximum Gasteiger partial charge on any atom is 0.227 e. The molecular weight excluding hydrogens is 278 g/mol.